The molecular weight excluding hydrogens is 390 g/mol. The monoisotopic (exact) mass is 409 g/mol. The summed E-state index contributed by atoms with van der Waals surface area (Å²) in [7, 11) is 0. The van der Waals surface area contributed by atoms with Gasteiger partial charge in [-0.15, -0.1) is 0 Å². The Morgan fingerprint density at radius 1 is 1.00 bits per heavy atom. The normalized spacial score (nSPS) is 11.2. The molecule has 0 spiro atoms. The Bertz CT molecular complexity index is 1130. The number of fused-ring (bicyclic) bond motifs is 1. The Morgan fingerprint density at radius 3 is 2.41 bits per heavy atom. The van der Waals surface area contributed by atoms with Gasteiger partial charge in [-0.3, -0.25) is 15.0 Å². The van der Waals surface area contributed by atoms with Gasteiger partial charge in [0.25, 0.3) is 5.91 Å². The van der Waals surface area contributed by atoms with Gasteiger partial charge in [-0.05, 0) is 54.4 Å². The molecule has 3 rings (SSSR count). The summed E-state index contributed by atoms with van der Waals surface area (Å²) in [5, 5.41) is 15.1. The molecule has 0 saturated heterocycles. The first-order valence-corrected chi connectivity index (χ1v) is 9.25. The van der Waals surface area contributed by atoms with Crippen LogP contribution in [0.2, 0.25) is 5.02 Å². The van der Waals surface area contributed by atoms with Crippen LogP contribution < -0.4 is 16.2 Å². The first-order chi connectivity index (χ1) is 13.8. The van der Waals surface area contributed by atoms with Crippen LogP contribution in [-0.2, 0) is 4.79 Å². The molecule has 0 radical (unpaired) electrons. The first-order valence-electron chi connectivity index (χ1n) is 8.87. The van der Waals surface area contributed by atoms with Gasteiger partial charge in [0.1, 0.15) is 5.75 Å². The van der Waals surface area contributed by atoms with E-state index in [0.717, 1.165) is 16.3 Å². The summed E-state index contributed by atoms with van der Waals surface area (Å²) in [5.74, 6) is -1.02. The van der Waals surface area contributed by atoms with Crippen LogP contribution in [0, 0.1) is 6.92 Å². The molecule has 3 aromatic carbocycles. The molecule has 0 bridgehead atoms. The van der Waals surface area contributed by atoms with Gasteiger partial charge in [0, 0.05) is 22.5 Å². The maximum atomic E-state index is 12.4. The van der Waals surface area contributed by atoms with Gasteiger partial charge in [0.15, 0.2) is 0 Å². The number of aromatic hydroxyl groups is 1. The average molecular weight is 410 g/mol. The van der Waals surface area contributed by atoms with Crippen LogP contribution in [0.1, 0.15) is 22.8 Å². The number of rotatable bonds is 5. The summed E-state index contributed by atoms with van der Waals surface area (Å²) >= 11 is 6.05. The van der Waals surface area contributed by atoms with Crippen molar-refractivity contribution in [3.63, 3.8) is 0 Å². The molecular formula is C22H20ClN3O3. The minimum absolute atomic E-state index is 0.126. The minimum Gasteiger partial charge on any atom is -0.507 e. The number of hydrazine groups is 1. The number of halogens is 1. The molecule has 0 heterocycles. The van der Waals surface area contributed by atoms with E-state index < -0.39 is 5.91 Å². The number of hydrogen-bond acceptors (Lipinski definition) is 4. The standard InChI is InChI=1S/C22H20ClN3O3/c1-13(10-21(28)24-19-9-5-8-18(23)14(19)2)25-26-22(29)17-11-15-6-3-4-7-16(15)12-20(17)27/h3-12,25,27H,1-2H3,(H,24,28)(H,26,29). The summed E-state index contributed by atoms with van der Waals surface area (Å²) in [6.45, 7) is 3.44. The second-order valence-corrected chi connectivity index (χ2v) is 6.93. The largest absolute Gasteiger partial charge is 0.507 e. The molecule has 0 atom stereocenters. The van der Waals surface area contributed by atoms with Crippen molar-refractivity contribution in [1.29, 1.82) is 0 Å². The number of phenolic OH excluding ortho intramolecular Hbond substituents is 1. The number of carbonyl (C=O) groups is 2. The molecule has 29 heavy (non-hydrogen) atoms. The number of allylic oxidation sites excluding steroid dienone is 1. The number of carbonyl (C=O) groups excluding carboxylic acids is 2. The van der Waals surface area contributed by atoms with Crippen molar-refractivity contribution >= 4 is 39.9 Å². The van der Waals surface area contributed by atoms with Crippen molar-refractivity contribution < 1.29 is 14.7 Å². The van der Waals surface area contributed by atoms with Gasteiger partial charge in [-0.25, -0.2) is 0 Å². The summed E-state index contributed by atoms with van der Waals surface area (Å²) in [4.78, 5) is 24.6. The molecule has 148 valence electrons. The van der Waals surface area contributed by atoms with Crippen molar-refractivity contribution in [2.75, 3.05) is 5.32 Å². The summed E-state index contributed by atoms with van der Waals surface area (Å²) < 4.78 is 0. The van der Waals surface area contributed by atoms with E-state index >= 15 is 0 Å². The van der Waals surface area contributed by atoms with Crippen molar-refractivity contribution in [2.24, 2.45) is 0 Å². The quantitative estimate of drug-likeness (QED) is 0.374. The highest BCUT2D eigenvalue weighted by Gasteiger charge is 2.12. The zero-order valence-corrected chi connectivity index (χ0v) is 16.7. The van der Waals surface area contributed by atoms with Crippen LogP contribution in [0.3, 0.4) is 0 Å². The number of benzene rings is 3. The fraction of sp³-hybridized carbons (Fsp3) is 0.0909. The molecule has 0 aliphatic carbocycles. The SMILES string of the molecule is CC(=CC(=O)Nc1cccc(Cl)c1C)NNC(=O)c1cc2ccccc2cc1O. The first kappa shape index (κ1) is 20.2. The van der Waals surface area contributed by atoms with Crippen LogP contribution in [0.4, 0.5) is 5.69 Å². The predicted octanol–water partition coefficient (Wildman–Crippen LogP) is 4.28. The predicted molar refractivity (Wildman–Crippen MR) is 115 cm³/mol. The number of nitrogens with one attached hydrogen (secondary N) is 3. The van der Waals surface area contributed by atoms with E-state index in [1.165, 1.54) is 12.1 Å². The number of hydrogen-bond donors (Lipinski definition) is 4. The molecule has 4 N–H and O–H groups in total. The van der Waals surface area contributed by atoms with E-state index in [0.29, 0.717) is 16.4 Å². The highest BCUT2D eigenvalue weighted by atomic mass is 35.5. The Labute approximate surface area is 173 Å². The van der Waals surface area contributed by atoms with Crippen LogP contribution in [0.25, 0.3) is 10.8 Å². The number of amides is 2. The van der Waals surface area contributed by atoms with Crippen molar-refractivity contribution in [3.8, 4) is 5.75 Å². The second kappa shape index (κ2) is 8.67. The Hall–Kier alpha value is -3.51. The van der Waals surface area contributed by atoms with Gasteiger partial charge in [-0.1, -0.05) is 41.9 Å². The molecule has 7 heteroatoms. The Morgan fingerprint density at radius 2 is 1.69 bits per heavy atom. The Kier molecular flexibility index (Phi) is 6.04. The van der Waals surface area contributed by atoms with E-state index in [2.05, 4.69) is 16.2 Å². The smallest absolute Gasteiger partial charge is 0.273 e. The van der Waals surface area contributed by atoms with Gasteiger partial charge < -0.3 is 15.8 Å². The molecule has 0 fully saturated rings. The maximum Gasteiger partial charge on any atom is 0.273 e. The molecule has 0 saturated carbocycles. The lowest BCUT2D eigenvalue weighted by Gasteiger charge is -2.11. The van der Waals surface area contributed by atoms with Crippen molar-refractivity contribution in [3.05, 3.63) is 82.5 Å². The highest BCUT2D eigenvalue weighted by Crippen LogP contribution is 2.25. The zero-order chi connectivity index (χ0) is 21.0. The average Bonchev–Trinajstić information content (AvgIpc) is 2.69. The van der Waals surface area contributed by atoms with Gasteiger partial charge in [0.05, 0.1) is 5.56 Å². The molecule has 0 aromatic heterocycles. The van der Waals surface area contributed by atoms with Gasteiger partial charge in [-0.2, -0.15) is 0 Å². The summed E-state index contributed by atoms with van der Waals surface area (Å²) in [6.07, 6.45) is 1.31. The third kappa shape index (κ3) is 4.86. The molecule has 6 nitrogen and oxygen atoms in total. The van der Waals surface area contributed by atoms with Crippen LogP contribution >= 0.6 is 11.6 Å². The molecule has 2 amide bonds. The van der Waals surface area contributed by atoms with Gasteiger partial charge in [0.2, 0.25) is 5.91 Å². The number of anilines is 1. The van der Waals surface area contributed by atoms with E-state index in [1.807, 2.05) is 31.2 Å². The fourth-order valence-corrected chi connectivity index (χ4v) is 2.95. The molecule has 0 aliphatic rings. The Balaban J connectivity index is 1.64. The van der Waals surface area contributed by atoms with Crippen LogP contribution in [0.5, 0.6) is 5.75 Å². The van der Waals surface area contributed by atoms with Gasteiger partial charge >= 0.3 is 0 Å². The lowest BCUT2D eigenvalue weighted by Crippen LogP contribution is -2.36. The second-order valence-electron chi connectivity index (χ2n) is 6.52. The van der Waals surface area contributed by atoms with E-state index in [9.17, 15) is 14.7 Å². The van der Waals surface area contributed by atoms with E-state index in [-0.39, 0.29) is 17.2 Å². The zero-order valence-electron chi connectivity index (χ0n) is 15.9. The van der Waals surface area contributed by atoms with Crippen LogP contribution in [-0.4, -0.2) is 16.9 Å². The third-order valence-corrected chi connectivity index (χ3v) is 4.76. The summed E-state index contributed by atoms with van der Waals surface area (Å²) in [6, 6.07) is 15.8. The lowest BCUT2D eigenvalue weighted by molar-refractivity contribution is -0.112. The topological polar surface area (TPSA) is 90.5 Å². The maximum absolute atomic E-state index is 12.4. The number of phenols is 1. The van der Waals surface area contributed by atoms with E-state index in [1.54, 1.807) is 31.2 Å². The molecule has 0 unspecified atom stereocenters. The van der Waals surface area contributed by atoms with Crippen LogP contribution in [0.15, 0.2) is 66.4 Å². The minimum atomic E-state index is -0.521. The van der Waals surface area contributed by atoms with Crippen molar-refractivity contribution in [1.82, 2.24) is 10.9 Å². The van der Waals surface area contributed by atoms with Crippen molar-refractivity contribution in [2.45, 2.75) is 13.8 Å². The molecule has 0 aliphatic heterocycles. The third-order valence-electron chi connectivity index (χ3n) is 4.36. The molecule has 3 aromatic rings. The highest BCUT2D eigenvalue weighted by molar-refractivity contribution is 6.31. The summed E-state index contributed by atoms with van der Waals surface area (Å²) in [5.41, 5.74) is 7.05. The lowest BCUT2D eigenvalue weighted by atomic mass is 10.1. The fourth-order valence-electron chi connectivity index (χ4n) is 2.78. The van der Waals surface area contributed by atoms with E-state index in [4.69, 9.17) is 11.6 Å².